The van der Waals surface area contributed by atoms with Gasteiger partial charge in [-0.1, -0.05) is 45.4 Å². The fourth-order valence-corrected chi connectivity index (χ4v) is 3.14. The summed E-state index contributed by atoms with van der Waals surface area (Å²) in [4.78, 5) is 0. The van der Waals surface area contributed by atoms with Gasteiger partial charge in [-0.2, -0.15) is 0 Å². The maximum Gasteiger partial charge on any atom is 0.124 e. The molecular formula is C17H27NO. The highest BCUT2D eigenvalue weighted by Gasteiger charge is 2.39. The van der Waals surface area contributed by atoms with Crippen LogP contribution in [0.3, 0.4) is 0 Å². The summed E-state index contributed by atoms with van der Waals surface area (Å²) in [5, 5.41) is 3.46. The van der Waals surface area contributed by atoms with Crippen LogP contribution in [0.25, 0.3) is 0 Å². The molecule has 2 heteroatoms. The van der Waals surface area contributed by atoms with Crippen LogP contribution >= 0.6 is 0 Å². The summed E-state index contributed by atoms with van der Waals surface area (Å²) >= 11 is 0. The second-order valence-corrected chi connectivity index (χ2v) is 5.94. The van der Waals surface area contributed by atoms with E-state index in [2.05, 4.69) is 57.4 Å². The Morgan fingerprint density at radius 3 is 2.74 bits per heavy atom. The van der Waals surface area contributed by atoms with E-state index in [0.717, 1.165) is 25.0 Å². The lowest BCUT2D eigenvalue weighted by molar-refractivity contribution is 0.00655. The summed E-state index contributed by atoms with van der Waals surface area (Å²) in [5.41, 5.74) is 1.30. The standard InChI is InChI=1S/C17H27NO/c1-5-13(3)11-17(6-2)12-15(18-4)14-9-7-8-10-16(14)19-17/h7-10,13,15,18H,5-6,11-12H2,1-4H3. The van der Waals surface area contributed by atoms with Crippen molar-refractivity contribution in [1.82, 2.24) is 5.32 Å². The number of hydrogen-bond acceptors (Lipinski definition) is 2. The summed E-state index contributed by atoms with van der Waals surface area (Å²) in [5.74, 6) is 1.78. The van der Waals surface area contributed by atoms with Crippen molar-refractivity contribution in [2.75, 3.05) is 7.05 Å². The van der Waals surface area contributed by atoms with Crippen LogP contribution in [-0.4, -0.2) is 12.6 Å². The third-order valence-corrected chi connectivity index (χ3v) is 4.61. The summed E-state index contributed by atoms with van der Waals surface area (Å²) in [6.45, 7) is 6.85. The topological polar surface area (TPSA) is 21.3 Å². The molecule has 19 heavy (non-hydrogen) atoms. The second-order valence-electron chi connectivity index (χ2n) is 5.94. The van der Waals surface area contributed by atoms with Crippen molar-refractivity contribution in [3.63, 3.8) is 0 Å². The van der Waals surface area contributed by atoms with Gasteiger partial charge in [0.05, 0.1) is 0 Å². The Morgan fingerprint density at radius 1 is 1.37 bits per heavy atom. The molecule has 0 aliphatic carbocycles. The van der Waals surface area contributed by atoms with Gasteiger partial charge in [-0.25, -0.2) is 0 Å². The molecule has 0 aromatic heterocycles. The first kappa shape index (κ1) is 14.4. The summed E-state index contributed by atoms with van der Waals surface area (Å²) in [7, 11) is 2.05. The molecule has 0 bridgehead atoms. The van der Waals surface area contributed by atoms with Gasteiger partial charge in [0.15, 0.2) is 0 Å². The molecule has 0 radical (unpaired) electrons. The maximum absolute atomic E-state index is 6.43. The number of rotatable bonds is 5. The number of ether oxygens (including phenoxy) is 1. The first-order valence-corrected chi connectivity index (χ1v) is 7.59. The summed E-state index contributed by atoms with van der Waals surface area (Å²) in [6, 6.07) is 8.87. The normalized spacial score (nSPS) is 27.5. The Hall–Kier alpha value is -1.02. The van der Waals surface area contributed by atoms with Gasteiger partial charge < -0.3 is 10.1 Å². The highest BCUT2D eigenvalue weighted by atomic mass is 16.5. The Kier molecular flexibility index (Phi) is 4.51. The van der Waals surface area contributed by atoms with Gasteiger partial charge >= 0.3 is 0 Å². The first-order valence-electron chi connectivity index (χ1n) is 7.59. The molecule has 1 aliphatic rings. The molecule has 3 unspecified atom stereocenters. The maximum atomic E-state index is 6.43. The van der Waals surface area contributed by atoms with Gasteiger partial charge in [0, 0.05) is 18.0 Å². The van der Waals surface area contributed by atoms with Crippen molar-refractivity contribution < 1.29 is 4.74 Å². The van der Waals surface area contributed by atoms with Gasteiger partial charge in [0.25, 0.3) is 0 Å². The predicted molar refractivity (Wildman–Crippen MR) is 80.6 cm³/mol. The van der Waals surface area contributed by atoms with Gasteiger partial charge in [-0.05, 0) is 31.9 Å². The molecule has 1 aromatic rings. The smallest absolute Gasteiger partial charge is 0.124 e. The van der Waals surface area contributed by atoms with Gasteiger partial charge in [-0.15, -0.1) is 0 Å². The molecule has 0 saturated carbocycles. The van der Waals surface area contributed by atoms with E-state index in [0.29, 0.717) is 12.0 Å². The minimum Gasteiger partial charge on any atom is -0.487 e. The fourth-order valence-electron chi connectivity index (χ4n) is 3.14. The Balaban J connectivity index is 2.29. The van der Waals surface area contributed by atoms with E-state index in [4.69, 9.17) is 4.74 Å². The zero-order valence-corrected chi connectivity index (χ0v) is 12.7. The van der Waals surface area contributed by atoms with Crippen molar-refractivity contribution in [3.8, 4) is 5.75 Å². The van der Waals surface area contributed by atoms with E-state index < -0.39 is 0 Å². The quantitative estimate of drug-likeness (QED) is 0.852. The molecule has 0 amide bonds. The minimum absolute atomic E-state index is 0.00252. The highest BCUT2D eigenvalue weighted by molar-refractivity contribution is 5.38. The lowest BCUT2D eigenvalue weighted by Crippen LogP contribution is -2.44. The van der Waals surface area contributed by atoms with Crippen molar-refractivity contribution in [2.24, 2.45) is 5.92 Å². The van der Waals surface area contributed by atoms with Gasteiger partial charge in [0.1, 0.15) is 11.4 Å². The number of hydrogen-bond donors (Lipinski definition) is 1. The van der Waals surface area contributed by atoms with Crippen LogP contribution in [0.2, 0.25) is 0 Å². The van der Waals surface area contributed by atoms with Crippen molar-refractivity contribution >= 4 is 0 Å². The largest absolute Gasteiger partial charge is 0.487 e. The third kappa shape index (κ3) is 2.94. The molecule has 1 aromatic carbocycles. The van der Waals surface area contributed by atoms with Crippen LogP contribution in [0.5, 0.6) is 5.75 Å². The van der Waals surface area contributed by atoms with Crippen molar-refractivity contribution in [3.05, 3.63) is 29.8 Å². The van der Waals surface area contributed by atoms with E-state index in [-0.39, 0.29) is 5.60 Å². The molecule has 0 fully saturated rings. The third-order valence-electron chi connectivity index (χ3n) is 4.61. The monoisotopic (exact) mass is 261 g/mol. The fraction of sp³-hybridized carbons (Fsp3) is 0.647. The molecule has 3 atom stereocenters. The average molecular weight is 261 g/mol. The van der Waals surface area contributed by atoms with E-state index in [1.165, 1.54) is 12.0 Å². The van der Waals surface area contributed by atoms with Crippen LogP contribution < -0.4 is 10.1 Å². The summed E-state index contributed by atoms with van der Waals surface area (Å²) < 4.78 is 6.43. The molecule has 1 heterocycles. The van der Waals surface area contributed by atoms with E-state index >= 15 is 0 Å². The van der Waals surface area contributed by atoms with Crippen LogP contribution in [0, 0.1) is 5.92 Å². The van der Waals surface area contributed by atoms with Crippen LogP contribution in [0.15, 0.2) is 24.3 Å². The second kappa shape index (κ2) is 5.96. The molecule has 106 valence electrons. The molecule has 0 saturated heterocycles. The minimum atomic E-state index is -0.00252. The SMILES string of the molecule is CCC(C)CC1(CC)CC(NC)c2ccccc2O1. The molecule has 1 aliphatic heterocycles. The Labute approximate surface area is 117 Å². The van der Waals surface area contributed by atoms with Crippen molar-refractivity contribution in [1.29, 1.82) is 0 Å². The van der Waals surface area contributed by atoms with Gasteiger partial charge in [0.2, 0.25) is 0 Å². The van der Waals surface area contributed by atoms with Crippen molar-refractivity contribution in [2.45, 2.75) is 58.1 Å². The predicted octanol–water partition coefficient (Wildman–Crippen LogP) is 4.31. The van der Waals surface area contributed by atoms with Crippen LogP contribution in [0.1, 0.15) is 58.1 Å². The van der Waals surface area contributed by atoms with Gasteiger partial charge in [-0.3, -0.25) is 0 Å². The average Bonchev–Trinajstić information content (AvgIpc) is 2.46. The van der Waals surface area contributed by atoms with E-state index in [1.807, 2.05) is 0 Å². The molecule has 2 nitrogen and oxygen atoms in total. The number of fused-ring (bicyclic) bond motifs is 1. The molecule has 0 spiro atoms. The van der Waals surface area contributed by atoms with Crippen LogP contribution in [0.4, 0.5) is 0 Å². The summed E-state index contributed by atoms with van der Waals surface area (Å²) in [6.07, 6.45) is 4.51. The number of benzene rings is 1. The van der Waals surface area contributed by atoms with E-state index in [9.17, 15) is 0 Å². The van der Waals surface area contributed by atoms with E-state index in [1.54, 1.807) is 0 Å². The highest BCUT2D eigenvalue weighted by Crippen LogP contribution is 2.43. The zero-order valence-electron chi connectivity index (χ0n) is 12.7. The lowest BCUT2D eigenvalue weighted by Gasteiger charge is -2.43. The molecule has 2 rings (SSSR count). The number of nitrogens with one attached hydrogen (secondary N) is 1. The Morgan fingerprint density at radius 2 is 2.11 bits per heavy atom. The molecule has 1 N–H and O–H groups in total. The zero-order chi connectivity index (χ0) is 13.9. The lowest BCUT2D eigenvalue weighted by atomic mass is 9.79. The van der Waals surface area contributed by atoms with Crippen LogP contribution in [-0.2, 0) is 0 Å². The molecular weight excluding hydrogens is 234 g/mol. The number of para-hydroxylation sites is 1. The Bertz CT molecular complexity index is 417. The first-order chi connectivity index (χ1) is 9.14.